The molecule has 0 unspecified atom stereocenters. The van der Waals surface area contributed by atoms with E-state index in [2.05, 4.69) is 10.6 Å². The molecule has 5 nitrogen and oxygen atoms in total. The maximum absolute atomic E-state index is 12.0. The van der Waals surface area contributed by atoms with Gasteiger partial charge in [0.15, 0.2) is 0 Å². The number of anilines is 1. The topological polar surface area (TPSA) is 78.4 Å². The van der Waals surface area contributed by atoms with Crippen LogP contribution in [0.25, 0.3) is 0 Å². The highest BCUT2D eigenvalue weighted by atomic mass is 16.4. The molecule has 0 radical (unpaired) electrons. The minimum Gasteiger partial charge on any atom is -0.478 e. The number of carbonyl (C=O) groups excluding carboxylic acids is 1. The van der Waals surface area contributed by atoms with Crippen molar-refractivity contribution in [3.05, 3.63) is 29.3 Å². The van der Waals surface area contributed by atoms with Crippen LogP contribution in [-0.2, 0) is 0 Å². The zero-order valence-corrected chi connectivity index (χ0v) is 12.4. The van der Waals surface area contributed by atoms with Crippen LogP contribution in [0.4, 0.5) is 10.5 Å². The van der Waals surface area contributed by atoms with E-state index in [-0.39, 0.29) is 17.1 Å². The van der Waals surface area contributed by atoms with Crippen LogP contribution in [0.15, 0.2) is 18.2 Å². The third-order valence-corrected chi connectivity index (χ3v) is 3.71. The number of carboxylic acid groups (broad SMARTS) is 1. The molecule has 0 aliphatic carbocycles. The largest absolute Gasteiger partial charge is 0.478 e. The molecule has 3 N–H and O–H groups in total. The summed E-state index contributed by atoms with van der Waals surface area (Å²) in [5.41, 5.74) is 1.22. The van der Waals surface area contributed by atoms with Crippen LogP contribution in [0.2, 0.25) is 0 Å². The van der Waals surface area contributed by atoms with E-state index in [9.17, 15) is 9.59 Å². The van der Waals surface area contributed by atoms with Gasteiger partial charge in [0.1, 0.15) is 0 Å². The molecule has 5 heteroatoms. The lowest BCUT2D eigenvalue weighted by atomic mass is 9.96. The number of urea groups is 1. The van der Waals surface area contributed by atoms with E-state index in [1.165, 1.54) is 12.1 Å². The molecular weight excluding hydrogens is 256 g/mol. The van der Waals surface area contributed by atoms with Crippen LogP contribution in [0, 0.1) is 6.92 Å². The fourth-order valence-electron chi connectivity index (χ4n) is 1.74. The monoisotopic (exact) mass is 278 g/mol. The van der Waals surface area contributed by atoms with Gasteiger partial charge in [-0.05, 0) is 44.4 Å². The Bertz CT molecular complexity index is 508. The first-order valence-electron chi connectivity index (χ1n) is 6.74. The second-order valence-corrected chi connectivity index (χ2v) is 5.18. The molecule has 0 spiro atoms. The number of carbonyl (C=O) groups is 2. The van der Waals surface area contributed by atoms with Crippen molar-refractivity contribution in [3.63, 3.8) is 0 Å². The Morgan fingerprint density at radius 2 is 1.85 bits per heavy atom. The molecule has 0 aliphatic rings. The van der Waals surface area contributed by atoms with Crippen LogP contribution >= 0.6 is 0 Å². The third kappa shape index (κ3) is 3.98. The fourth-order valence-corrected chi connectivity index (χ4v) is 1.74. The Morgan fingerprint density at radius 3 is 2.35 bits per heavy atom. The highest BCUT2D eigenvalue weighted by Crippen LogP contribution is 2.18. The van der Waals surface area contributed by atoms with Gasteiger partial charge in [-0.2, -0.15) is 0 Å². The lowest BCUT2D eigenvalue weighted by Gasteiger charge is -2.28. The van der Waals surface area contributed by atoms with Crippen molar-refractivity contribution in [3.8, 4) is 0 Å². The van der Waals surface area contributed by atoms with Gasteiger partial charge in [0.2, 0.25) is 0 Å². The summed E-state index contributed by atoms with van der Waals surface area (Å²) in [5.74, 6) is -1.01. The fraction of sp³-hybridized carbons (Fsp3) is 0.467. The number of hydrogen-bond donors (Lipinski definition) is 3. The number of amides is 2. The Kier molecular flexibility index (Phi) is 5.13. The summed E-state index contributed by atoms with van der Waals surface area (Å²) >= 11 is 0. The molecular formula is C15H22N2O3. The average Bonchev–Trinajstić information content (AvgIpc) is 2.40. The molecule has 0 saturated carbocycles. The van der Waals surface area contributed by atoms with Crippen molar-refractivity contribution in [1.29, 1.82) is 0 Å². The van der Waals surface area contributed by atoms with Gasteiger partial charge in [-0.1, -0.05) is 19.9 Å². The minimum absolute atomic E-state index is 0.152. The van der Waals surface area contributed by atoms with E-state index in [0.717, 1.165) is 18.4 Å². The maximum atomic E-state index is 12.0. The zero-order valence-electron chi connectivity index (χ0n) is 12.4. The Hall–Kier alpha value is -2.04. The van der Waals surface area contributed by atoms with Crippen molar-refractivity contribution in [1.82, 2.24) is 5.32 Å². The Morgan fingerprint density at radius 1 is 1.25 bits per heavy atom. The molecule has 1 aromatic rings. The first-order chi connectivity index (χ1) is 9.31. The summed E-state index contributed by atoms with van der Waals surface area (Å²) in [4.78, 5) is 23.0. The molecule has 0 saturated heterocycles. The normalized spacial score (nSPS) is 11.0. The summed E-state index contributed by atoms with van der Waals surface area (Å²) in [5, 5.41) is 14.6. The van der Waals surface area contributed by atoms with Gasteiger partial charge in [0, 0.05) is 11.2 Å². The molecule has 0 aromatic heterocycles. The zero-order chi connectivity index (χ0) is 15.3. The maximum Gasteiger partial charge on any atom is 0.335 e. The van der Waals surface area contributed by atoms with Gasteiger partial charge in [-0.25, -0.2) is 9.59 Å². The molecule has 1 aromatic carbocycles. The average molecular weight is 278 g/mol. The molecule has 0 atom stereocenters. The molecule has 0 heterocycles. The van der Waals surface area contributed by atoms with Crippen LogP contribution in [-0.4, -0.2) is 22.6 Å². The number of nitrogens with one attached hydrogen (secondary N) is 2. The highest BCUT2D eigenvalue weighted by Gasteiger charge is 2.22. The van der Waals surface area contributed by atoms with Gasteiger partial charge >= 0.3 is 12.0 Å². The number of hydrogen-bond acceptors (Lipinski definition) is 2. The quantitative estimate of drug-likeness (QED) is 0.772. The summed E-state index contributed by atoms with van der Waals surface area (Å²) in [7, 11) is 0. The van der Waals surface area contributed by atoms with Crippen molar-refractivity contribution >= 4 is 17.7 Å². The molecule has 0 aliphatic heterocycles. The van der Waals surface area contributed by atoms with Crippen LogP contribution in [0.1, 0.15) is 49.5 Å². The van der Waals surface area contributed by atoms with Crippen LogP contribution in [0.3, 0.4) is 0 Å². The summed E-state index contributed by atoms with van der Waals surface area (Å²) in [6.07, 6.45) is 1.65. The number of rotatable bonds is 5. The molecule has 20 heavy (non-hydrogen) atoms. The van der Waals surface area contributed by atoms with Gasteiger partial charge in [-0.3, -0.25) is 0 Å². The molecule has 0 bridgehead atoms. The predicted molar refractivity (Wildman–Crippen MR) is 79.3 cm³/mol. The van der Waals surface area contributed by atoms with Crippen molar-refractivity contribution in [2.75, 3.05) is 5.32 Å². The first kappa shape index (κ1) is 16.0. The van der Waals surface area contributed by atoms with Gasteiger partial charge in [0.25, 0.3) is 0 Å². The lowest BCUT2D eigenvalue weighted by Crippen LogP contribution is -2.47. The lowest BCUT2D eigenvalue weighted by molar-refractivity contribution is 0.0697. The smallest absolute Gasteiger partial charge is 0.335 e. The van der Waals surface area contributed by atoms with Crippen LogP contribution < -0.4 is 10.6 Å². The Labute approximate surface area is 119 Å². The second kappa shape index (κ2) is 6.41. The van der Waals surface area contributed by atoms with Gasteiger partial charge < -0.3 is 15.7 Å². The SMILES string of the molecule is CCC(C)(CC)NC(=O)Nc1cc(C(=O)O)ccc1C. The van der Waals surface area contributed by atoms with Gasteiger partial charge in [-0.15, -0.1) is 0 Å². The minimum atomic E-state index is -1.01. The van der Waals surface area contributed by atoms with E-state index in [1.54, 1.807) is 6.07 Å². The van der Waals surface area contributed by atoms with Crippen molar-refractivity contribution < 1.29 is 14.7 Å². The van der Waals surface area contributed by atoms with E-state index in [4.69, 9.17) is 5.11 Å². The Balaban J connectivity index is 2.85. The summed E-state index contributed by atoms with van der Waals surface area (Å²) < 4.78 is 0. The van der Waals surface area contributed by atoms with Crippen molar-refractivity contribution in [2.24, 2.45) is 0 Å². The number of aryl methyl sites for hydroxylation is 1. The molecule has 2 amide bonds. The van der Waals surface area contributed by atoms with E-state index in [0.29, 0.717) is 5.69 Å². The number of carboxylic acids is 1. The van der Waals surface area contributed by atoms with E-state index in [1.807, 2.05) is 27.7 Å². The second-order valence-electron chi connectivity index (χ2n) is 5.18. The van der Waals surface area contributed by atoms with E-state index >= 15 is 0 Å². The van der Waals surface area contributed by atoms with Gasteiger partial charge in [0.05, 0.1) is 5.56 Å². The standard InChI is InChI=1S/C15H22N2O3/c1-5-15(4,6-2)17-14(20)16-12-9-11(13(18)19)8-7-10(12)3/h7-9H,5-6H2,1-4H3,(H,18,19)(H2,16,17,20). The number of aromatic carboxylic acids is 1. The number of benzene rings is 1. The summed E-state index contributed by atoms with van der Waals surface area (Å²) in [6.45, 7) is 7.83. The first-order valence-corrected chi connectivity index (χ1v) is 6.74. The predicted octanol–water partition coefficient (Wildman–Crippen LogP) is 3.39. The molecule has 110 valence electrons. The van der Waals surface area contributed by atoms with E-state index < -0.39 is 5.97 Å². The third-order valence-electron chi connectivity index (χ3n) is 3.71. The summed E-state index contributed by atoms with van der Waals surface area (Å²) in [6, 6.07) is 4.34. The van der Waals surface area contributed by atoms with Crippen molar-refractivity contribution in [2.45, 2.75) is 46.1 Å². The van der Waals surface area contributed by atoms with Crippen LogP contribution in [0.5, 0.6) is 0 Å². The molecule has 1 rings (SSSR count). The molecule has 0 fully saturated rings. The highest BCUT2D eigenvalue weighted by molar-refractivity contribution is 5.94.